The molecule has 35 heavy (non-hydrogen) atoms. The third kappa shape index (κ3) is 6.79. The minimum absolute atomic E-state index is 0.0181. The van der Waals surface area contributed by atoms with Crippen molar-refractivity contribution in [1.82, 2.24) is 10.2 Å². The molecule has 184 valence electrons. The number of aryl methyl sites for hydroxylation is 1. The molecule has 0 fully saturated rings. The summed E-state index contributed by atoms with van der Waals surface area (Å²) in [5, 5.41) is 11.9. The van der Waals surface area contributed by atoms with E-state index >= 15 is 0 Å². The number of urea groups is 1. The van der Waals surface area contributed by atoms with Crippen LogP contribution in [0.1, 0.15) is 29.2 Å². The lowest BCUT2D eigenvalue weighted by molar-refractivity contribution is -0.136. The molecule has 0 unspecified atom stereocenters. The van der Waals surface area contributed by atoms with Gasteiger partial charge in [0.25, 0.3) is 0 Å². The van der Waals surface area contributed by atoms with Crippen molar-refractivity contribution < 1.29 is 28.2 Å². The third-order valence-corrected chi connectivity index (χ3v) is 5.57. The van der Waals surface area contributed by atoms with Gasteiger partial charge in [-0.3, -0.25) is 4.79 Å². The summed E-state index contributed by atoms with van der Waals surface area (Å²) in [5.41, 5.74) is 4.35. The highest BCUT2D eigenvalue weighted by atomic mass is 19.1. The van der Waals surface area contributed by atoms with E-state index < -0.39 is 17.6 Å². The van der Waals surface area contributed by atoms with Crippen LogP contribution in [0.5, 0.6) is 5.75 Å². The SMILES string of the molecule is CCN(Cc1cc(C)ccc1-c1cc(CC(=O)O)ccc1OC)C(=O)NCc1cc(F)cc(F)c1. The quantitative estimate of drug-likeness (QED) is 0.433. The van der Waals surface area contributed by atoms with Crippen LogP contribution in [0.2, 0.25) is 0 Å². The molecule has 2 amide bonds. The van der Waals surface area contributed by atoms with E-state index in [1.165, 1.54) is 12.1 Å². The van der Waals surface area contributed by atoms with Gasteiger partial charge in [-0.25, -0.2) is 13.6 Å². The molecular weight excluding hydrogens is 454 g/mol. The lowest BCUT2D eigenvalue weighted by Gasteiger charge is -2.24. The molecule has 3 rings (SSSR count). The van der Waals surface area contributed by atoms with E-state index in [1.54, 1.807) is 30.2 Å². The Morgan fingerprint density at radius 1 is 0.971 bits per heavy atom. The molecule has 0 atom stereocenters. The van der Waals surface area contributed by atoms with Gasteiger partial charge in [0.2, 0.25) is 0 Å². The summed E-state index contributed by atoms with van der Waals surface area (Å²) in [4.78, 5) is 25.7. The fourth-order valence-electron chi connectivity index (χ4n) is 3.90. The number of ether oxygens (including phenoxy) is 1. The molecule has 0 saturated heterocycles. The van der Waals surface area contributed by atoms with E-state index in [0.717, 1.165) is 28.3 Å². The first-order chi connectivity index (χ1) is 16.7. The monoisotopic (exact) mass is 482 g/mol. The molecule has 0 spiro atoms. The van der Waals surface area contributed by atoms with Crippen LogP contribution in [-0.4, -0.2) is 35.7 Å². The van der Waals surface area contributed by atoms with Gasteiger partial charge in [-0.2, -0.15) is 0 Å². The lowest BCUT2D eigenvalue weighted by atomic mass is 9.94. The highest BCUT2D eigenvalue weighted by Gasteiger charge is 2.18. The van der Waals surface area contributed by atoms with Crippen molar-refractivity contribution in [2.45, 2.75) is 33.4 Å². The smallest absolute Gasteiger partial charge is 0.317 e. The first-order valence-corrected chi connectivity index (χ1v) is 11.2. The molecule has 0 saturated carbocycles. The minimum Gasteiger partial charge on any atom is -0.496 e. The molecule has 8 heteroatoms. The van der Waals surface area contributed by atoms with Crippen LogP contribution in [-0.2, 0) is 24.3 Å². The van der Waals surface area contributed by atoms with Crippen molar-refractivity contribution in [2.75, 3.05) is 13.7 Å². The number of hydrogen-bond acceptors (Lipinski definition) is 3. The Bertz CT molecular complexity index is 1210. The predicted octanol–water partition coefficient (Wildman–Crippen LogP) is 5.31. The number of carboxylic acids is 1. The number of nitrogens with one attached hydrogen (secondary N) is 1. The van der Waals surface area contributed by atoms with Crippen molar-refractivity contribution in [2.24, 2.45) is 0 Å². The molecule has 0 aliphatic rings. The van der Waals surface area contributed by atoms with Crippen molar-refractivity contribution >= 4 is 12.0 Å². The maximum atomic E-state index is 13.5. The second kappa shape index (κ2) is 11.5. The Hall–Kier alpha value is -3.94. The van der Waals surface area contributed by atoms with Gasteiger partial charge in [-0.05, 0) is 60.4 Å². The van der Waals surface area contributed by atoms with Crippen molar-refractivity contribution in [3.05, 3.63) is 88.5 Å². The molecule has 0 bridgehead atoms. The number of nitrogens with zero attached hydrogens (tertiary/aromatic N) is 1. The van der Waals surface area contributed by atoms with Crippen molar-refractivity contribution in [3.8, 4) is 16.9 Å². The maximum absolute atomic E-state index is 13.5. The van der Waals surface area contributed by atoms with Crippen molar-refractivity contribution in [1.29, 1.82) is 0 Å². The van der Waals surface area contributed by atoms with Crippen LogP contribution in [0.15, 0.2) is 54.6 Å². The van der Waals surface area contributed by atoms with Gasteiger partial charge in [0.05, 0.1) is 13.5 Å². The van der Waals surface area contributed by atoms with E-state index in [-0.39, 0.29) is 25.5 Å². The largest absolute Gasteiger partial charge is 0.496 e. The number of methoxy groups -OCH3 is 1. The first-order valence-electron chi connectivity index (χ1n) is 11.2. The zero-order valence-electron chi connectivity index (χ0n) is 19.9. The molecule has 3 aromatic rings. The van der Waals surface area contributed by atoms with Gasteiger partial charge in [-0.1, -0.05) is 29.8 Å². The molecule has 0 radical (unpaired) electrons. The summed E-state index contributed by atoms with van der Waals surface area (Å²) in [7, 11) is 1.55. The second-order valence-corrected chi connectivity index (χ2v) is 8.22. The average Bonchev–Trinajstić information content (AvgIpc) is 2.80. The Morgan fingerprint density at radius 2 is 1.69 bits per heavy atom. The normalized spacial score (nSPS) is 10.7. The third-order valence-electron chi connectivity index (χ3n) is 5.57. The molecule has 0 heterocycles. The van der Waals surface area contributed by atoms with E-state index in [4.69, 9.17) is 4.74 Å². The summed E-state index contributed by atoms with van der Waals surface area (Å²) < 4.78 is 32.5. The van der Waals surface area contributed by atoms with Gasteiger partial charge < -0.3 is 20.1 Å². The zero-order valence-corrected chi connectivity index (χ0v) is 19.9. The molecule has 0 aromatic heterocycles. The van der Waals surface area contributed by atoms with Gasteiger partial charge in [0.15, 0.2) is 0 Å². The van der Waals surface area contributed by atoms with Gasteiger partial charge in [0.1, 0.15) is 17.4 Å². The van der Waals surface area contributed by atoms with Crippen LogP contribution < -0.4 is 10.1 Å². The maximum Gasteiger partial charge on any atom is 0.317 e. The van der Waals surface area contributed by atoms with Crippen LogP contribution >= 0.6 is 0 Å². The molecule has 3 aromatic carbocycles. The summed E-state index contributed by atoms with van der Waals surface area (Å²) in [5.74, 6) is -1.75. The van der Waals surface area contributed by atoms with Crippen LogP contribution in [0, 0.1) is 18.6 Å². The number of carbonyl (C=O) groups excluding carboxylic acids is 1. The lowest BCUT2D eigenvalue weighted by Crippen LogP contribution is -2.39. The first kappa shape index (κ1) is 25.7. The predicted molar refractivity (Wildman–Crippen MR) is 129 cm³/mol. The zero-order chi connectivity index (χ0) is 25.5. The number of carboxylic acid groups (broad SMARTS) is 1. The van der Waals surface area contributed by atoms with Crippen LogP contribution in [0.25, 0.3) is 11.1 Å². The average molecular weight is 483 g/mol. The van der Waals surface area contributed by atoms with Crippen LogP contribution in [0.4, 0.5) is 13.6 Å². The fraction of sp³-hybridized carbons (Fsp3) is 0.259. The summed E-state index contributed by atoms with van der Waals surface area (Å²) in [6, 6.07) is 13.8. The standard InChI is InChI=1S/C27H28F2N2O4/c1-4-31(27(34)30-15-19-10-21(28)14-22(29)11-19)16-20-9-17(2)5-7-23(20)24-12-18(13-26(32)33)6-8-25(24)35-3/h5-12,14H,4,13,15-16H2,1-3H3,(H,30,34)(H,32,33). The Balaban J connectivity index is 1.87. The van der Waals surface area contributed by atoms with E-state index in [1.807, 2.05) is 32.0 Å². The molecule has 0 aliphatic carbocycles. The van der Waals surface area contributed by atoms with Crippen LogP contribution in [0.3, 0.4) is 0 Å². The van der Waals surface area contributed by atoms with E-state index in [2.05, 4.69) is 5.32 Å². The Morgan fingerprint density at radius 3 is 2.31 bits per heavy atom. The Labute approximate surface area is 203 Å². The summed E-state index contributed by atoms with van der Waals surface area (Å²) >= 11 is 0. The number of amides is 2. The Kier molecular flexibility index (Phi) is 8.41. The second-order valence-electron chi connectivity index (χ2n) is 8.22. The summed E-state index contributed by atoms with van der Waals surface area (Å²) in [6.45, 7) is 4.43. The van der Waals surface area contributed by atoms with Gasteiger partial charge in [-0.15, -0.1) is 0 Å². The van der Waals surface area contributed by atoms with Gasteiger partial charge >= 0.3 is 12.0 Å². The number of halogens is 2. The molecule has 2 N–H and O–H groups in total. The number of benzene rings is 3. The molecular formula is C27H28F2N2O4. The molecule has 0 aliphatic heterocycles. The number of hydrogen-bond donors (Lipinski definition) is 2. The fourth-order valence-corrected chi connectivity index (χ4v) is 3.90. The number of rotatable bonds is 9. The molecule has 6 nitrogen and oxygen atoms in total. The van der Waals surface area contributed by atoms with Gasteiger partial charge in [0, 0.05) is 31.3 Å². The van der Waals surface area contributed by atoms with E-state index in [9.17, 15) is 23.5 Å². The van der Waals surface area contributed by atoms with Crippen molar-refractivity contribution in [3.63, 3.8) is 0 Å². The highest BCUT2D eigenvalue weighted by molar-refractivity contribution is 5.78. The highest BCUT2D eigenvalue weighted by Crippen LogP contribution is 2.34. The minimum atomic E-state index is -0.933. The summed E-state index contributed by atoms with van der Waals surface area (Å²) in [6.07, 6.45) is -0.123. The number of carbonyl (C=O) groups is 2. The topological polar surface area (TPSA) is 78.9 Å². The van der Waals surface area contributed by atoms with E-state index in [0.29, 0.717) is 23.4 Å². The number of aliphatic carboxylic acids is 1.